The number of furan rings is 1. The van der Waals surface area contributed by atoms with E-state index in [2.05, 4.69) is 36.5 Å². The molecule has 2 aromatic rings. The molecule has 2 N–H and O–H groups in total. The quantitative estimate of drug-likeness (QED) is 0.229. The van der Waals surface area contributed by atoms with E-state index in [1.165, 1.54) is 36.9 Å². The van der Waals surface area contributed by atoms with Crippen molar-refractivity contribution in [2.45, 2.75) is 71.8 Å². The molecule has 0 aromatic carbocycles. The van der Waals surface area contributed by atoms with Crippen molar-refractivity contribution in [3.05, 3.63) is 41.1 Å². The van der Waals surface area contributed by atoms with Crippen LogP contribution in [-0.2, 0) is 19.9 Å². The Morgan fingerprint density at radius 1 is 1.27 bits per heavy atom. The number of aliphatic imine (C=N–C) groups is 1. The standard InChI is InChI=1S/C23H37N5O.HI/c1-17-9-5-6-12-22(17)26-23(25-15-13-20-10-8-16-29-20)24-14-7-11-21-18(2)27-28(4)19(21)3;/h8,10,16-17,22H,5-7,9,11-15H2,1-4H3,(H2,24,25,26);1H. The van der Waals surface area contributed by atoms with Crippen molar-refractivity contribution in [2.24, 2.45) is 18.0 Å². The predicted octanol–water partition coefficient (Wildman–Crippen LogP) is 4.54. The van der Waals surface area contributed by atoms with Crippen LogP contribution in [0.5, 0.6) is 0 Å². The van der Waals surface area contributed by atoms with Gasteiger partial charge in [-0.2, -0.15) is 5.10 Å². The zero-order valence-electron chi connectivity index (χ0n) is 18.9. The van der Waals surface area contributed by atoms with Gasteiger partial charge in [-0.3, -0.25) is 9.67 Å². The molecule has 2 atom stereocenters. The van der Waals surface area contributed by atoms with Crippen molar-refractivity contribution >= 4 is 29.9 Å². The fourth-order valence-electron chi connectivity index (χ4n) is 4.24. The lowest BCUT2D eigenvalue weighted by atomic mass is 9.86. The van der Waals surface area contributed by atoms with E-state index in [1.54, 1.807) is 6.26 Å². The Morgan fingerprint density at radius 2 is 2.07 bits per heavy atom. The predicted molar refractivity (Wildman–Crippen MR) is 134 cm³/mol. The molecule has 2 unspecified atom stereocenters. The number of halogens is 1. The average Bonchev–Trinajstić information content (AvgIpc) is 3.29. The lowest BCUT2D eigenvalue weighted by molar-refractivity contribution is 0.306. The molecule has 30 heavy (non-hydrogen) atoms. The number of rotatable bonds is 8. The molecule has 0 aliphatic heterocycles. The van der Waals surface area contributed by atoms with Crippen LogP contribution in [0.4, 0.5) is 0 Å². The van der Waals surface area contributed by atoms with Gasteiger partial charge in [-0.05, 0) is 63.1 Å². The monoisotopic (exact) mass is 527 g/mol. The van der Waals surface area contributed by atoms with E-state index >= 15 is 0 Å². The highest BCUT2D eigenvalue weighted by atomic mass is 127. The number of nitrogens with one attached hydrogen (secondary N) is 2. The van der Waals surface area contributed by atoms with Crippen molar-refractivity contribution < 1.29 is 4.42 Å². The second-order valence-electron chi connectivity index (χ2n) is 8.38. The Balaban J connectivity index is 0.00000320. The molecule has 6 nitrogen and oxygen atoms in total. The van der Waals surface area contributed by atoms with E-state index in [9.17, 15) is 0 Å². The number of guanidine groups is 1. The summed E-state index contributed by atoms with van der Waals surface area (Å²) in [6, 6.07) is 4.48. The van der Waals surface area contributed by atoms with Crippen LogP contribution in [0.2, 0.25) is 0 Å². The molecule has 2 heterocycles. The number of hydrogen-bond donors (Lipinski definition) is 2. The average molecular weight is 527 g/mol. The highest BCUT2D eigenvalue weighted by Crippen LogP contribution is 2.23. The van der Waals surface area contributed by atoms with Gasteiger partial charge in [-0.25, -0.2) is 0 Å². The third-order valence-electron chi connectivity index (χ3n) is 6.19. The van der Waals surface area contributed by atoms with Crippen LogP contribution in [0.1, 0.15) is 61.7 Å². The van der Waals surface area contributed by atoms with Gasteiger partial charge in [0.2, 0.25) is 0 Å². The first-order chi connectivity index (χ1) is 14.0. The summed E-state index contributed by atoms with van der Waals surface area (Å²) in [7, 11) is 2.01. The third kappa shape index (κ3) is 7.03. The van der Waals surface area contributed by atoms with E-state index in [0.29, 0.717) is 12.0 Å². The fourth-order valence-corrected chi connectivity index (χ4v) is 4.24. The molecule has 0 amide bonds. The van der Waals surface area contributed by atoms with Gasteiger partial charge in [0.15, 0.2) is 5.96 Å². The molecule has 168 valence electrons. The topological polar surface area (TPSA) is 67.4 Å². The summed E-state index contributed by atoms with van der Waals surface area (Å²) in [5.74, 6) is 2.64. The van der Waals surface area contributed by atoms with Crippen LogP contribution in [-0.4, -0.2) is 34.9 Å². The Kier molecular flexibility index (Phi) is 10.2. The van der Waals surface area contributed by atoms with Gasteiger partial charge >= 0.3 is 0 Å². The first-order valence-electron chi connectivity index (χ1n) is 11.1. The van der Waals surface area contributed by atoms with Crippen molar-refractivity contribution in [2.75, 3.05) is 13.1 Å². The van der Waals surface area contributed by atoms with E-state index in [4.69, 9.17) is 9.41 Å². The number of nitrogens with zero attached hydrogens (tertiary/aromatic N) is 3. The third-order valence-corrected chi connectivity index (χ3v) is 6.19. The fraction of sp³-hybridized carbons (Fsp3) is 0.652. The maximum Gasteiger partial charge on any atom is 0.191 e. The van der Waals surface area contributed by atoms with Crippen LogP contribution in [0, 0.1) is 19.8 Å². The summed E-state index contributed by atoms with van der Waals surface area (Å²) in [6.07, 6.45) is 9.83. The van der Waals surface area contributed by atoms with Crippen LogP contribution in [0.15, 0.2) is 27.8 Å². The molecule has 2 aromatic heterocycles. The summed E-state index contributed by atoms with van der Waals surface area (Å²) in [6.45, 7) is 8.23. The lowest BCUT2D eigenvalue weighted by Gasteiger charge is -2.31. The van der Waals surface area contributed by atoms with Gasteiger partial charge in [-0.15, -0.1) is 24.0 Å². The van der Waals surface area contributed by atoms with Crippen LogP contribution in [0.3, 0.4) is 0 Å². The highest BCUT2D eigenvalue weighted by Gasteiger charge is 2.22. The molecule has 0 bridgehead atoms. The Labute approximate surface area is 198 Å². The Hall–Kier alpha value is -1.51. The molecule has 0 radical (unpaired) electrons. The zero-order valence-corrected chi connectivity index (χ0v) is 21.2. The molecular weight excluding hydrogens is 489 g/mol. The lowest BCUT2D eigenvalue weighted by Crippen LogP contribution is -2.47. The molecule has 0 saturated heterocycles. The molecule has 3 rings (SSSR count). The van der Waals surface area contributed by atoms with Gasteiger partial charge in [0.25, 0.3) is 0 Å². The summed E-state index contributed by atoms with van der Waals surface area (Å²) in [5.41, 5.74) is 3.77. The van der Waals surface area contributed by atoms with E-state index in [1.807, 2.05) is 23.9 Å². The number of aryl methyl sites for hydroxylation is 2. The summed E-state index contributed by atoms with van der Waals surface area (Å²) in [4.78, 5) is 4.89. The smallest absolute Gasteiger partial charge is 0.191 e. The Bertz CT molecular complexity index is 784. The van der Waals surface area contributed by atoms with E-state index in [0.717, 1.165) is 49.8 Å². The van der Waals surface area contributed by atoms with Gasteiger partial charge in [-0.1, -0.05) is 19.8 Å². The van der Waals surface area contributed by atoms with Crippen LogP contribution >= 0.6 is 24.0 Å². The normalized spacial score (nSPS) is 19.4. The van der Waals surface area contributed by atoms with Gasteiger partial charge < -0.3 is 15.1 Å². The minimum Gasteiger partial charge on any atom is -0.469 e. The van der Waals surface area contributed by atoms with Gasteiger partial charge in [0.05, 0.1) is 12.0 Å². The number of aromatic nitrogens is 2. The molecule has 1 aliphatic rings. The maximum atomic E-state index is 5.45. The van der Waals surface area contributed by atoms with E-state index < -0.39 is 0 Å². The molecule has 7 heteroatoms. The molecule has 1 saturated carbocycles. The first kappa shape index (κ1) is 24.8. The molecule has 0 spiro atoms. The minimum absolute atomic E-state index is 0. The van der Waals surface area contributed by atoms with E-state index in [-0.39, 0.29) is 24.0 Å². The molecular formula is C23H38IN5O. The second-order valence-corrected chi connectivity index (χ2v) is 8.38. The largest absolute Gasteiger partial charge is 0.469 e. The maximum absolute atomic E-state index is 5.45. The SMILES string of the molecule is Cc1nn(C)c(C)c1CCCN=C(NCCc1ccco1)NC1CCCCC1C.I. The van der Waals surface area contributed by atoms with Gasteiger partial charge in [0, 0.05) is 38.3 Å². The van der Waals surface area contributed by atoms with Gasteiger partial charge in [0.1, 0.15) is 5.76 Å². The van der Waals surface area contributed by atoms with Crippen LogP contribution in [0.25, 0.3) is 0 Å². The summed E-state index contributed by atoms with van der Waals surface area (Å²) >= 11 is 0. The summed E-state index contributed by atoms with van der Waals surface area (Å²) in [5, 5.41) is 11.7. The summed E-state index contributed by atoms with van der Waals surface area (Å²) < 4.78 is 7.42. The Morgan fingerprint density at radius 3 is 2.73 bits per heavy atom. The number of hydrogen-bond acceptors (Lipinski definition) is 3. The molecule has 1 fully saturated rings. The van der Waals surface area contributed by atoms with Crippen molar-refractivity contribution in [1.82, 2.24) is 20.4 Å². The first-order valence-corrected chi connectivity index (χ1v) is 11.1. The highest BCUT2D eigenvalue weighted by molar-refractivity contribution is 14.0. The van der Waals surface area contributed by atoms with Crippen molar-refractivity contribution in [3.63, 3.8) is 0 Å². The second kappa shape index (κ2) is 12.4. The van der Waals surface area contributed by atoms with Crippen molar-refractivity contribution in [1.29, 1.82) is 0 Å². The van der Waals surface area contributed by atoms with Crippen LogP contribution < -0.4 is 10.6 Å². The molecule has 1 aliphatic carbocycles. The van der Waals surface area contributed by atoms with Crippen molar-refractivity contribution in [3.8, 4) is 0 Å². The zero-order chi connectivity index (χ0) is 20.6. The minimum atomic E-state index is 0.